The summed E-state index contributed by atoms with van der Waals surface area (Å²) < 4.78 is 9.63. The van der Waals surface area contributed by atoms with E-state index >= 15 is 0 Å². The number of anilines is 1. The topological polar surface area (TPSA) is 84.3 Å². The van der Waals surface area contributed by atoms with Gasteiger partial charge in [0.05, 0.1) is 6.61 Å². The number of benzene rings is 1. The van der Waals surface area contributed by atoms with Crippen LogP contribution in [-0.4, -0.2) is 17.7 Å². The van der Waals surface area contributed by atoms with Crippen LogP contribution in [0.3, 0.4) is 0 Å². The van der Waals surface area contributed by atoms with Crippen LogP contribution in [0, 0.1) is 0 Å². The average Bonchev–Trinajstić information content (AvgIpc) is 2.79. The molecule has 2 aromatic rings. The molecule has 0 atom stereocenters. The number of hydrogen-bond acceptors (Lipinski definition) is 5. The van der Waals surface area contributed by atoms with Gasteiger partial charge in [0.2, 0.25) is 0 Å². The summed E-state index contributed by atoms with van der Waals surface area (Å²) in [7, 11) is 0. The minimum atomic E-state index is -0.670. The number of aromatic nitrogens is 1. The predicted molar refractivity (Wildman–Crippen MR) is 69.1 cm³/mol. The summed E-state index contributed by atoms with van der Waals surface area (Å²) >= 11 is 0. The van der Waals surface area contributed by atoms with Crippen molar-refractivity contribution in [3.8, 4) is 0 Å². The third-order valence-electron chi connectivity index (χ3n) is 2.47. The molecule has 2 rings (SSSR count). The van der Waals surface area contributed by atoms with E-state index < -0.39 is 11.5 Å². The first-order valence-corrected chi connectivity index (χ1v) is 5.88. The summed E-state index contributed by atoms with van der Waals surface area (Å²) in [4.78, 5) is 23.1. The molecule has 100 valence electrons. The second-order valence-corrected chi connectivity index (χ2v) is 3.80. The van der Waals surface area contributed by atoms with Crippen molar-refractivity contribution < 1.29 is 14.1 Å². The fourth-order valence-corrected chi connectivity index (χ4v) is 1.59. The Kier molecular flexibility index (Phi) is 4.02. The lowest BCUT2D eigenvalue weighted by Crippen LogP contribution is -2.13. The number of carbonyl (C=O) groups excluding carboxylic acids is 1. The highest BCUT2D eigenvalue weighted by Gasteiger charge is 2.21. The van der Waals surface area contributed by atoms with E-state index in [0.717, 1.165) is 5.56 Å². The molecule has 6 heteroatoms. The van der Waals surface area contributed by atoms with Crippen molar-refractivity contribution in [1.82, 2.24) is 5.16 Å². The number of nitrogens with one attached hydrogen (secondary N) is 2. The SMILES string of the molecule is CCOC(=O)c1o[nH]c(=O)c1NCc1ccccc1. The van der Waals surface area contributed by atoms with E-state index in [1.807, 2.05) is 30.3 Å². The Morgan fingerprint density at radius 2 is 2.11 bits per heavy atom. The molecule has 19 heavy (non-hydrogen) atoms. The first-order chi connectivity index (χ1) is 9.22. The molecule has 1 aromatic heterocycles. The van der Waals surface area contributed by atoms with Crippen LogP contribution in [0.1, 0.15) is 23.0 Å². The molecular formula is C13H14N2O4. The van der Waals surface area contributed by atoms with Gasteiger partial charge in [0.25, 0.3) is 5.76 Å². The van der Waals surface area contributed by atoms with Crippen LogP contribution in [0.5, 0.6) is 0 Å². The van der Waals surface area contributed by atoms with Gasteiger partial charge in [0.1, 0.15) is 0 Å². The highest BCUT2D eigenvalue weighted by atomic mass is 16.6. The summed E-state index contributed by atoms with van der Waals surface area (Å²) in [5.41, 5.74) is 0.583. The third-order valence-corrected chi connectivity index (χ3v) is 2.47. The number of H-pyrrole nitrogens is 1. The molecule has 1 aromatic carbocycles. The van der Waals surface area contributed by atoms with Crippen LogP contribution in [0.25, 0.3) is 0 Å². The quantitative estimate of drug-likeness (QED) is 0.802. The summed E-state index contributed by atoms with van der Waals surface area (Å²) in [6.07, 6.45) is 0. The second-order valence-electron chi connectivity index (χ2n) is 3.80. The first-order valence-electron chi connectivity index (χ1n) is 5.88. The van der Waals surface area contributed by atoms with Crippen molar-refractivity contribution in [1.29, 1.82) is 0 Å². The molecule has 0 fully saturated rings. The molecule has 6 nitrogen and oxygen atoms in total. The number of hydrogen-bond donors (Lipinski definition) is 2. The molecule has 1 heterocycles. The maximum absolute atomic E-state index is 11.6. The lowest BCUT2D eigenvalue weighted by molar-refractivity contribution is 0.0481. The summed E-state index contributed by atoms with van der Waals surface area (Å²) in [5.74, 6) is -0.806. The molecule has 0 unspecified atom stereocenters. The Labute approximate surface area is 109 Å². The molecule has 0 saturated carbocycles. The van der Waals surface area contributed by atoms with Gasteiger partial charge in [-0.25, -0.2) is 4.79 Å². The van der Waals surface area contributed by atoms with Crippen LogP contribution in [0.15, 0.2) is 39.6 Å². The Hall–Kier alpha value is -2.50. The minimum Gasteiger partial charge on any atom is -0.460 e. The Bertz CT molecular complexity index is 601. The molecule has 0 spiro atoms. The van der Waals surface area contributed by atoms with Crippen LogP contribution in [0.2, 0.25) is 0 Å². The Balaban J connectivity index is 2.14. The Morgan fingerprint density at radius 1 is 1.37 bits per heavy atom. The average molecular weight is 262 g/mol. The first kappa shape index (κ1) is 12.9. The largest absolute Gasteiger partial charge is 0.460 e. The van der Waals surface area contributed by atoms with Gasteiger partial charge in [-0.15, -0.1) is 0 Å². The van der Waals surface area contributed by atoms with Gasteiger partial charge in [-0.05, 0) is 12.5 Å². The van der Waals surface area contributed by atoms with E-state index in [9.17, 15) is 9.59 Å². The van der Waals surface area contributed by atoms with Gasteiger partial charge >= 0.3 is 11.5 Å². The van der Waals surface area contributed by atoms with E-state index in [4.69, 9.17) is 9.26 Å². The molecule has 0 saturated heterocycles. The minimum absolute atomic E-state index is 0.0855. The zero-order valence-electron chi connectivity index (χ0n) is 10.4. The fraction of sp³-hybridized carbons (Fsp3) is 0.231. The maximum atomic E-state index is 11.6. The number of ether oxygens (including phenoxy) is 1. The van der Waals surface area contributed by atoms with Crippen molar-refractivity contribution in [2.24, 2.45) is 0 Å². The molecule has 0 bridgehead atoms. The van der Waals surface area contributed by atoms with Crippen LogP contribution >= 0.6 is 0 Å². The monoisotopic (exact) mass is 262 g/mol. The lowest BCUT2D eigenvalue weighted by Gasteiger charge is -2.04. The Morgan fingerprint density at radius 3 is 2.79 bits per heavy atom. The predicted octanol–water partition coefficient (Wildman–Crippen LogP) is 1.76. The molecule has 0 aliphatic heterocycles. The van der Waals surface area contributed by atoms with E-state index in [1.54, 1.807) is 6.92 Å². The smallest absolute Gasteiger partial charge is 0.379 e. The highest BCUT2D eigenvalue weighted by Crippen LogP contribution is 2.12. The van der Waals surface area contributed by atoms with E-state index in [-0.39, 0.29) is 18.1 Å². The van der Waals surface area contributed by atoms with E-state index in [2.05, 4.69) is 10.5 Å². The molecular weight excluding hydrogens is 248 g/mol. The van der Waals surface area contributed by atoms with Gasteiger partial charge in [-0.3, -0.25) is 4.79 Å². The van der Waals surface area contributed by atoms with Crippen molar-refractivity contribution in [2.75, 3.05) is 11.9 Å². The highest BCUT2D eigenvalue weighted by molar-refractivity contribution is 5.92. The number of rotatable bonds is 5. The van der Waals surface area contributed by atoms with Gasteiger partial charge in [0.15, 0.2) is 5.69 Å². The summed E-state index contributed by atoms with van der Waals surface area (Å²) in [6, 6.07) is 9.50. The standard InChI is InChI=1S/C13H14N2O4/c1-2-18-13(17)11-10(12(16)15-19-11)14-8-9-6-4-3-5-7-9/h3-7,14H,2,8H2,1H3,(H,15,16). The maximum Gasteiger partial charge on any atom is 0.379 e. The molecule has 0 aliphatic carbocycles. The summed E-state index contributed by atoms with van der Waals surface area (Å²) in [5, 5.41) is 5.00. The zero-order valence-corrected chi connectivity index (χ0v) is 10.4. The second kappa shape index (κ2) is 5.90. The zero-order chi connectivity index (χ0) is 13.7. The normalized spacial score (nSPS) is 10.2. The van der Waals surface area contributed by atoms with E-state index in [0.29, 0.717) is 6.54 Å². The fourth-order valence-electron chi connectivity index (χ4n) is 1.59. The molecule has 0 radical (unpaired) electrons. The van der Waals surface area contributed by atoms with Crippen molar-refractivity contribution in [3.05, 3.63) is 52.0 Å². The van der Waals surface area contributed by atoms with Gasteiger partial charge in [-0.1, -0.05) is 30.3 Å². The molecule has 2 N–H and O–H groups in total. The number of carbonyl (C=O) groups is 1. The summed E-state index contributed by atoms with van der Waals surface area (Å²) in [6.45, 7) is 2.31. The van der Waals surface area contributed by atoms with Gasteiger partial charge < -0.3 is 14.6 Å². The van der Waals surface area contributed by atoms with Gasteiger partial charge in [0, 0.05) is 6.54 Å². The lowest BCUT2D eigenvalue weighted by atomic mass is 10.2. The van der Waals surface area contributed by atoms with Crippen LogP contribution in [0.4, 0.5) is 5.69 Å². The van der Waals surface area contributed by atoms with Crippen molar-refractivity contribution >= 4 is 11.7 Å². The number of esters is 1. The van der Waals surface area contributed by atoms with Gasteiger partial charge in [-0.2, -0.15) is 5.16 Å². The van der Waals surface area contributed by atoms with Crippen molar-refractivity contribution in [3.63, 3.8) is 0 Å². The van der Waals surface area contributed by atoms with Crippen LogP contribution < -0.4 is 10.9 Å². The van der Waals surface area contributed by atoms with Crippen molar-refractivity contribution in [2.45, 2.75) is 13.5 Å². The van der Waals surface area contributed by atoms with E-state index in [1.165, 1.54) is 0 Å². The molecule has 0 amide bonds. The molecule has 0 aliphatic rings. The third kappa shape index (κ3) is 3.04. The van der Waals surface area contributed by atoms with Crippen LogP contribution in [-0.2, 0) is 11.3 Å². The number of aromatic amines is 1.